The fourth-order valence-electron chi connectivity index (χ4n) is 1.47. The van der Waals surface area contributed by atoms with Crippen LogP contribution in [0.15, 0.2) is 29.9 Å². The number of hydrogen-bond acceptors (Lipinski definition) is 2. The number of rotatable bonds is 4. The van der Waals surface area contributed by atoms with Crippen molar-refractivity contribution >= 4 is 33.8 Å². The van der Waals surface area contributed by atoms with Gasteiger partial charge < -0.3 is 5.11 Å². The number of anilines is 1. The van der Waals surface area contributed by atoms with Crippen LogP contribution in [0.2, 0.25) is 0 Å². The van der Waals surface area contributed by atoms with Gasteiger partial charge in [0, 0.05) is 17.2 Å². The quantitative estimate of drug-likeness (QED) is 0.866. The monoisotopic (exact) mass is 296 g/mol. The van der Waals surface area contributed by atoms with Crippen molar-refractivity contribution < 1.29 is 9.90 Å². The van der Waals surface area contributed by atoms with Gasteiger partial charge in [-0.15, -0.1) is 6.58 Å². The Hall–Kier alpha value is -1.62. The molecule has 4 nitrogen and oxygen atoms in total. The fourth-order valence-corrected chi connectivity index (χ4v) is 1.76. The maximum atomic E-state index is 11.2. The van der Waals surface area contributed by atoms with E-state index in [1.54, 1.807) is 6.20 Å². The molecule has 0 fully saturated rings. The minimum Gasteiger partial charge on any atom is -0.465 e. The standard InChI is InChI=1S/C12H13BrN2O2/c1-4-6-15(12(16)17)11-8(3)9(13)7-14-10(11)5-2/h4-5,7H,1-2,6H2,3H3,(H,16,17). The first-order chi connectivity index (χ1) is 8.02. The van der Waals surface area contributed by atoms with Gasteiger partial charge in [0.05, 0.1) is 11.4 Å². The zero-order valence-corrected chi connectivity index (χ0v) is 11.1. The van der Waals surface area contributed by atoms with Crippen LogP contribution < -0.4 is 4.90 Å². The minimum absolute atomic E-state index is 0.204. The van der Waals surface area contributed by atoms with Crippen LogP contribution in [0, 0.1) is 6.92 Å². The Kier molecular flexibility index (Phi) is 4.45. The molecule has 1 amide bonds. The maximum Gasteiger partial charge on any atom is 0.412 e. The van der Waals surface area contributed by atoms with Crippen molar-refractivity contribution in [2.24, 2.45) is 0 Å². The molecule has 17 heavy (non-hydrogen) atoms. The van der Waals surface area contributed by atoms with E-state index in [9.17, 15) is 9.90 Å². The number of nitrogens with zero attached hydrogens (tertiary/aromatic N) is 2. The van der Waals surface area contributed by atoms with Gasteiger partial charge >= 0.3 is 6.09 Å². The molecule has 0 aliphatic heterocycles. The van der Waals surface area contributed by atoms with Gasteiger partial charge in [-0.2, -0.15) is 0 Å². The van der Waals surface area contributed by atoms with Crippen LogP contribution in [0.5, 0.6) is 0 Å². The van der Waals surface area contributed by atoms with Gasteiger partial charge in [-0.1, -0.05) is 12.7 Å². The Morgan fingerprint density at radius 2 is 2.29 bits per heavy atom. The van der Waals surface area contributed by atoms with E-state index in [1.165, 1.54) is 17.1 Å². The molecule has 5 heteroatoms. The van der Waals surface area contributed by atoms with E-state index in [0.717, 1.165) is 10.0 Å². The van der Waals surface area contributed by atoms with Crippen molar-refractivity contribution in [3.8, 4) is 0 Å². The third-order valence-corrected chi connectivity index (χ3v) is 3.08. The number of hydrogen-bond donors (Lipinski definition) is 1. The van der Waals surface area contributed by atoms with Crippen molar-refractivity contribution in [2.75, 3.05) is 11.4 Å². The lowest BCUT2D eigenvalue weighted by Gasteiger charge is -2.22. The summed E-state index contributed by atoms with van der Waals surface area (Å²) in [5.74, 6) is 0. The fraction of sp³-hybridized carbons (Fsp3) is 0.167. The smallest absolute Gasteiger partial charge is 0.412 e. The van der Waals surface area contributed by atoms with Gasteiger partial charge in [-0.05, 0) is 34.5 Å². The summed E-state index contributed by atoms with van der Waals surface area (Å²) >= 11 is 3.34. The van der Waals surface area contributed by atoms with Crippen molar-refractivity contribution in [2.45, 2.75) is 6.92 Å². The summed E-state index contributed by atoms with van der Waals surface area (Å²) in [6.45, 7) is 9.22. The van der Waals surface area contributed by atoms with Crippen LogP contribution in [0.4, 0.5) is 10.5 Å². The second kappa shape index (κ2) is 5.63. The Bertz CT molecular complexity index is 472. The molecule has 0 spiro atoms. The molecule has 1 aromatic heterocycles. The van der Waals surface area contributed by atoms with Gasteiger partial charge in [0.2, 0.25) is 0 Å². The number of aromatic nitrogens is 1. The first kappa shape index (κ1) is 13.4. The molecule has 1 heterocycles. The maximum absolute atomic E-state index is 11.2. The number of carbonyl (C=O) groups is 1. The minimum atomic E-state index is -1.05. The van der Waals surface area contributed by atoms with Crippen molar-refractivity contribution in [3.05, 3.63) is 41.2 Å². The first-order valence-electron chi connectivity index (χ1n) is 4.91. The van der Waals surface area contributed by atoms with Crippen LogP contribution >= 0.6 is 15.9 Å². The molecule has 1 rings (SSSR count). The predicted molar refractivity (Wildman–Crippen MR) is 72.3 cm³/mol. The van der Waals surface area contributed by atoms with Crippen molar-refractivity contribution in [3.63, 3.8) is 0 Å². The van der Waals surface area contributed by atoms with Crippen LogP contribution in [0.25, 0.3) is 6.08 Å². The molecule has 1 N–H and O–H groups in total. The third kappa shape index (κ3) is 2.74. The van der Waals surface area contributed by atoms with Gasteiger partial charge in [-0.25, -0.2) is 4.79 Å². The predicted octanol–water partition coefficient (Wildman–Crippen LogP) is 3.47. The Morgan fingerprint density at radius 1 is 1.65 bits per heavy atom. The molecule has 0 saturated heterocycles. The number of pyridine rings is 1. The Labute approximate surface area is 108 Å². The van der Waals surface area contributed by atoms with E-state index in [0.29, 0.717) is 11.4 Å². The second-order valence-corrected chi connectivity index (χ2v) is 4.21. The van der Waals surface area contributed by atoms with E-state index in [2.05, 4.69) is 34.1 Å². The molecular formula is C12H13BrN2O2. The van der Waals surface area contributed by atoms with Gasteiger partial charge in [0.15, 0.2) is 0 Å². The molecular weight excluding hydrogens is 284 g/mol. The third-order valence-electron chi connectivity index (χ3n) is 2.28. The highest BCUT2D eigenvalue weighted by atomic mass is 79.9. The van der Waals surface area contributed by atoms with Gasteiger partial charge in [-0.3, -0.25) is 9.88 Å². The molecule has 0 bridgehead atoms. The summed E-state index contributed by atoms with van der Waals surface area (Å²) in [4.78, 5) is 16.6. The summed E-state index contributed by atoms with van der Waals surface area (Å²) in [6.07, 6.45) is 3.65. The molecule has 0 aromatic carbocycles. The SMILES string of the molecule is C=CCN(C(=O)O)c1c(C=C)ncc(Br)c1C. The summed E-state index contributed by atoms with van der Waals surface area (Å²) in [5.41, 5.74) is 1.87. The largest absolute Gasteiger partial charge is 0.465 e. The van der Waals surface area contributed by atoms with Crippen molar-refractivity contribution in [1.82, 2.24) is 4.98 Å². The van der Waals surface area contributed by atoms with E-state index in [4.69, 9.17) is 0 Å². The molecule has 0 unspecified atom stereocenters. The highest BCUT2D eigenvalue weighted by Gasteiger charge is 2.20. The number of amides is 1. The first-order valence-corrected chi connectivity index (χ1v) is 5.71. The molecule has 0 radical (unpaired) electrons. The number of halogens is 1. The van der Waals surface area contributed by atoms with E-state index in [1.807, 2.05) is 6.92 Å². The molecule has 0 aliphatic carbocycles. The summed E-state index contributed by atoms with van der Waals surface area (Å²) in [6, 6.07) is 0. The zero-order valence-electron chi connectivity index (χ0n) is 9.48. The van der Waals surface area contributed by atoms with Crippen LogP contribution in [-0.2, 0) is 0 Å². The van der Waals surface area contributed by atoms with Crippen LogP contribution in [0.1, 0.15) is 11.3 Å². The van der Waals surface area contributed by atoms with Gasteiger partial charge in [0.25, 0.3) is 0 Å². The van der Waals surface area contributed by atoms with Gasteiger partial charge in [0.1, 0.15) is 0 Å². The van der Waals surface area contributed by atoms with Crippen molar-refractivity contribution in [1.29, 1.82) is 0 Å². The van der Waals surface area contributed by atoms with E-state index < -0.39 is 6.09 Å². The highest BCUT2D eigenvalue weighted by molar-refractivity contribution is 9.10. The Balaban J connectivity index is 3.43. The molecule has 0 atom stereocenters. The lowest BCUT2D eigenvalue weighted by atomic mass is 10.1. The summed E-state index contributed by atoms with van der Waals surface area (Å²) in [7, 11) is 0. The van der Waals surface area contributed by atoms with Crippen LogP contribution in [-0.4, -0.2) is 22.7 Å². The van der Waals surface area contributed by atoms with E-state index >= 15 is 0 Å². The molecule has 0 saturated carbocycles. The molecule has 0 aliphatic rings. The Morgan fingerprint density at radius 3 is 2.76 bits per heavy atom. The normalized spacial score (nSPS) is 9.76. The lowest BCUT2D eigenvalue weighted by Crippen LogP contribution is -2.30. The molecule has 1 aromatic rings. The average Bonchev–Trinajstić information content (AvgIpc) is 2.30. The lowest BCUT2D eigenvalue weighted by molar-refractivity contribution is 0.202. The summed E-state index contributed by atoms with van der Waals surface area (Å²) in [5, 5.41) is 9.19. The zero-order chi connectivity index (χ0) is 13.0. The second-order valence-electron chi connectivity index (χ2n) is 3.35. The van der Waals surface area contributed by atoms with E-state index in [-0.39, 0.29) is 6.54 Å². The summed E-state index contributed by atoms with van der Waals surface area (Å²) < 4.78 is 0.758. The van der Waals surface area contributed by atoms with Crippen LogP contribution in [0.3, 0.4) is 0 Å². The highest BCUT2D eigenvalue weighted by Crippen LogP contribution is 2.30. The topological polar surface area (TPSA) is 53.4 Å². The average molecular weight is 297 g/mol. The molecule has 90 valence electrons. The number of carboxylic acid groups (broad SMARTS) is 1.